The molecule has 0 heterocycles. The minimum absolute atomic E-state index is 0.263. The average Bonchev–Trinajstić information content (AvgIpc) is 2.39. The largest absolute Gasteiger partial charge is 0.294 e. The highest BCUT2D eigenvalue weighted by Gasteiger charge is 2.36. The highest BCUT2D eigenvalue weighted by molar-refractivity contribution is 6.00. The van der Waals surface area contributed by atoms with Gasteiger partial charge >= 0.3 is 0 Å². The molecule has 1 atom stereocenters. The zero-order valence-corrected chi connectivity index (χ0v) is 11.6. The molecule has 1 nitrogen and oxygen atoms in total. The van der Waals surface area contributed by atoms with Gasteiger partial charge in [-0.25, -0.2) is 0 Å². The van der Waals surface area contributed by atoms with Gasteiger partial charge in [-0.15, -0.1) is 0 Å². The Balaban J connectivity index is 2.25. The molecule has 1 aliphatic rings. The zero-order valence-electron chi connectivity index (χ0n) is 11.6. The Morgan fingerprint density at radius 1 is 1.22 bits per heavy atom. The summed E-state index contributed by atoms with van der Waals surface area (Å²) >= 11 is 0. The van der Waals surface area contributed by atoms with E-state index in [0.29, 0.717) is 5.92 Å². The number of ketones is 1. The van der Waals surface area contributed by atoms with Crippen molar-refractivity contribution in [2.75, 3.05) is 0 Å². The van der Waals surface area contributed by atoms with Crippen LogP contribution in [0.4, 0.5) is 0 Å². The first kappa shape index (κ1) is 13.1. The van der Waals surface area contributed by atoms with Crippen molar-refractivity contribution in [1.82, 2.24) is 0 Å². The van der Waals surface area contributed by atoms with E-state index in [2.05, 4.69) is 26.8 Å². The summed E-state index contributed by atoms with van der Waals surface area (Å²) in [5.74, 6) is 0.637. The van der Waals surface area contributed by atoms with Crippen LogP contribution in [0, 0.1) is 11.3 Å². The Morgan fingerprint density at radius 3 is 2.50 bits per heavy atom. The number of carbonyl (C=O) groups excluding carboxylic acids is 1. The number of allylic oxidation sites excluding steroid dienone is 2. The van der Waals surface area contributed by atoms with Gasteiger partial charge in [0.15, 0.2) is 5.78 Å². The molecule has 0 bridgehead atoms. The van der Waals surface area contributed by atoms with Gasteiger partial charge in [0, 0.05) is 11.0 Å². The van der Waals surface area contributed by atoms with Crippen molar-refractivity contribution < 1.29 is 4.79 Å². The first-order valence-electron chi connectivity index (χ1n) is 6.79. The maximum absolute atomic E-state index is 12.6. The molecule has 1 heteroatoms. The third kappa shape index (κ3) is 2.55. The Morgan fingerprint density at radius 2 is 1.89 bits per heavy atom. The highest BCUT2D eigenvalue weighted by atomic mass is 16.1. The van der Waals surface area contributed by atoms with Crippen molar-refractivity contribution in [3.05, 3.63) is 47.5 Å². The van der Waals surface area contributed by atoms with E-state index in [4.69, 9.17) is 0 Å². The van der Waals surface area contributed by atoms with Gasteiger partial charge in [0.25, 0.3) is 0 Å². The maximum atomic E-state index is 12.6. The Labute approximate surface area is 110 Å². The lowest BCUT2D eigenvalue weighted by Crippen LogP contribution is -2.33. The van der Waals surface area contributed by atoms with Gasteiger partial charge in [-0.2, -0.15) is 0 Å². The standard InChI is InChI=1S/C17H22O/c1-13-8-7-11-15(12-13)17(2,3)16(18)14-9-5-4-6-10-14/h4-6,9-10,12,15H,7-8,11H2,1-3H3. The summed E-state index contributed by atoms with van der Waals surface area (Å²) in [6.45, 7) is 6.35. The summed E-state index contributed by atoms with van der Waals surface area (Å²) in [6.07, 6.45) is 5.83. The number of hydrogen-bond acceptors (Lipinski definition) is 1. The molecule has 96 valence electrons. The molecule has 0 fully saturated rings. The lowest BCUT2D eigenvalue weighted by atomic mass is 9.69. The van der Waals surface area contributed by atoms with E-state index in [1.54, 1.807) is 0 Å². The first-order chi connectivity index (χ1) is 8.51. The molecule has 0 spiro atoms. The topological polar surface area (TPSA) is 17.1 Å². The molecule has 0 N–H and O–H groups in total. The minimum Gasteiger partial charge on any atom is -0.294 e. The van der Waals surface area contributed by atoms with Crippen LogP contribution in [0.2, 0.25) is 0 Å². The number of carbonyl (C=O) groups is 1. The molecule has 1 aromatic rings. The molecule has 1 aliphatic carbocycles. The summed E-state index contributed by atoms with van der Waals surface area (Å²) in [5.41, 5.74) is 1.96. The molecule has 0 saturated heterocycles. The summed E-state index contributed by atoms with van der Waals surface area (Å²) in [7, 11) is 0. The molecular weight excluding hydrogens is 220 g/mol. The highest BCUT2D eigenvalue weighted by Crippen LogP contribution is 2.38. The molecule has 0 radical (unpaired) electrons. The second kappa shape index (κ2) is 5.09. The lowest BCUT2D eigenvalue weighted by Gasteiger charge is -2.34. The summed E-state index contributed by atoms with van der Waals surface area (Å²) < 4.78 is 0. The predicted molar refractivity (Wildman–Crippen MR) is 75.7 cm³/mol. The zero-order chi connectivity index (χ0) is 13.2. The van der Waals surface area contributed by atoms with E-state index in [-0.39, 0.29) is 11.2 Å². The Kier molecular flexibility index (Phi) is 3.70. The van der Waals surface area contributed by atoms with Gasteiger partial charge in [-0.1, -0.05) is 55.8 Å². The summed E-state index contributed by atoms with van der Waals surface area (Å²) in [6, 6.07) is 9.66. The van der Waals surface area contributed by atoms with Crippen LogP contribution in [0.15, 0.2) is 42.0 Å². The van der Waals surface area contributed by atoms with Crippen LogP contribution in [0.5, 0.6) is 0 Å². The third-order valence-corrected chi connectivity index (χ3v) is 4.12. The fourth-order valence-corrected chi connectivity index (χ4v) is 2.81. The van der Waals surface area contributed by atoms with Crippen molar-refractivity contribution in [3.8, 4) is 0 Å². The van der Waals surface area contributed by atoms with Gasteiger partial charge in [0.05, 0.1) is 0 Å². The van der Waals surface area contributed by atoms with E-state index >= 15 is 0 Å². The molecule has 0 amide bonds. The first-order valence-corrected chi connectivity index (χ1v) is 6.79. The Bertz CT molecular complexity index is 454. The van der Waals surface area contributed by atoms with Gasteiger partial charge in [-0.3, -0.25) is 4.79 Å². The smallest absolute Gasteiger partial charge is 0.169 e. The number of benzene rings is 1. The quantitative estimate of drug-likeness (QED) is 0.557. The van der Waals surface area contributed by atoms with Gasteiger partial charge < -0.3 is 0 Å². The monoisotopic (exact) mass is 242 g/mol. The second-order valence-electron chi connectivity index (χ2n) is 5.93. The van der Waals surface area contributed by atoms with Gasteiger partial charge in [-0.05, 0) is 32.1 Å². The van der Waals surface area contributed by atoms with Crippen molar-refractivity contribution in [3.63, 3.8) is 0 Å². The van der Waals surface area contributed by atoms with Crippen molar-refractivity contribution in [1.29, 1.82) is 0 Å². The van der Waals surface area contributed by atoms with Crippen LogP contribution in [0.25, 0.3) is 0 Å². The molecule has 1 aromatic carbocycles. The van der Waals surface area contributed by atoms with E-state index in [1.807, 2.05) is 30.3 Å². The fraction of sp³-hybridized carbons (Fsp3) is 0.471. The predicted octanol–water partition coefficient (Wildman–Crippen LogP) is 4.64. The van der Waals surface area contributed by atoms with E-state index in [0.717, 1.165) is 12.0 Å². The normalized spacial score (nSPS) is 20.4. The maximum Gasteiger partial charge on any atom is 0.169 e. The third-order valence-electron chi connectivity index (χ3n) is 4.12. The van der Waals surface area contributed by atoms with Crippen LogP contribution in [0.1, 0.15) is 50.4 Å². The van der Waals surface area contributed by atoms with Gasteiger partial charge in [0.1, 0.15) is 0 Å². The van der Waals surface area contributed by atoms with E-state index < -0.39 is 0 Å². The number of hydrogen-bond donors (Lipinski definition) is 0. The molecule has 1 unspecified atom stereocenters. The van der Waals surface area contributed by atoms with Crippen LogP contribution in [0.3, 0.4) is 0 Å². The second-order valence-corrected chi connectivity index (χ2v) is 5.93. The molecule has 0 aromatic heterocycles. The lowest BCUT2D eigenvalue weighted by molar-refractivity contribution is 0.0766. The van der Waals surface area contributed by atoms with Crippen molar-refractivity contribution in [2.24, 2.45) is 11.3 Å². The van der Waals surface area contributed by atoms with Crippen LogP contribution < -0.4 is 0 Å². The molecule has 0 aliphatic heterocycles. The molecule has 0 saturated carbocycles. The van der Waals surface area contributed by atoms with Crippen molar-refractivity contribution in [2.45, 2.75) is 40.0 Å². The SMILES string of the molecule is CC1=CC(C(C)(C)C(=O)c2ccccc2)CCC1. The van der Waals surface area contributed by atoms with E-state index in [9.17, 15) is 4.79 Å². The summed E-state index contributed by atoms with van der Waals surface area (Å²) in [4.78, 5) is 12.6. The number of rotatable bonds is 3. The molecule has 18 heavy (non-hydrogen) atoms. The minimum atomic E-state index is -0.303. The summed E-state index contributed by atoms with van der Waals surface area (Å²) in [5, 5.41) is 0. The molecule has 2 rings (SSSR count). The van der Waals surface area contributed by atoms with Crippen LogP contribution in [-0.2, 0) is 0 Å². The van der Waals surface area contributed by atoms with Crippen LogP contribution in [-0.4, -0.2) is 5.78 Å². The van der Waals surface area contributed by atoms with Gasteiger partial charge in [0.2, 0.25) is 0 Å². The van der Waals surface area contributed by atoms with Crippen molar-refractivity contribution >= 4 is 5.78 Å². The Hall–Kier alpha value is -1.37. The van der Waals surface area contributed by atoms with E-state index in [1.165, 1.54) is 18.4 Å². The number of Topliss-reactive ketones (excluding diaryl/α,β-unsaturated/α-hetero) is 1. The van der Waals surface area contributed by atoms with Crippen LogP contribution >= 0.6 is 0 Å². The molecular formula is C17H22O. The average molecular weight is 242 g/mol. The fourth-order valence-electron chi connectivity index (χ4n) is 2.81.